The molecule has 0 aliphatic rings. The summed E-state index contributed by atoms with van der Waals surface area (Å²) in [6.45, 7) is 0. The Morgan fingerprint density at radius 2 is 2.00 bits per heavy atom. The molecule has 0 saturated carbocycles. The highest BCUT2D eigenvalue weighted by Gasteiger charge is 2.15. The van der Waals surface area contributed by atoms with Crippen LogP contribution in [0.2, 0.25) is 0 Å². The molecule has 0 aliphatic carbocycles. The van der Waals surface area contributed by atoms with E-state index < -0.39 is 6.09 Å². The predicted molar refractivity (Wildman–Crippen MR) is 72.4 cm³/mol. The molecule has 2 heterocycles. The zero-order chi connectivity index (χ0) is 14.1. The van der Waals surface area contributed by atoms with Gasteiger partial charge >= 0.3 is 6.09 Å². The van der Waals surface area contributed by atoms with Gasteiger partial charge in [-0.25, -0.2) is 24.3 Å². The van der Waals surface area contributed by atoms with Crippen molar-refractivity contribution in [3.8, 4) is 0 Å². The molecule has 20 heavy (non-hydrogen) atoms. The van der Waals surface area contributed by atoms with Gasteiger partial charge in [0.15, 0.2) is 11.5 Å². The third kappa shape index (κ3) is 2.05. The minimum Gasteiger partial charge on any atom is -0.464 e. The van der Waals surface area contributed by atoms with Gasteiger partial charge < -0.3 is 10.8 Å². The number of benzene rings is 1. The molecule has 100 valence electrons. The van der Waals surface area contributed by atoms with Crippen molar-refractivity contribution in [1.82, 2.24) is 19.5 Å². The molecule has 2 aromatic heterocycles. The molecule has 0 amide bonds. The van der Waals surface area contributed by atoms with Crippen molar-refractivity contribution in [2.75, 3.05) is 5.73 Å². The number of hydrogen-bond donors (Lipinski definition) is 2. The number of nitrogen functional groups attached to an aromatic ring is 1. The Bertz CT molecular complexity index is 782. The van der Waals surface area contributed by atoms with Crippen molar-refractivity contribution in [2.45, 2.75) is 6.42 Å². The first kappa shape index (κ1) is 12.1. The molecule has 0 saturated heterocycles. The molecular weight excluding hydrogens is 258 g/mol. The van der Waals surface area contributed by atoms with Crippen LogP contribution >= 0.6 is 0 Å². The number of rotatable bonds is 2. The molecule has 0 unspecified atom stereocenters. The summed E-state index contributed by atoms with van der Waals surface area (Å²) in [6, 6.07) is 9.70. The van der Waals surface area contributed by atoms with Crippen molar-refractivity contribution in [1.29, 1.82) is 0 Å². The number of anilines is 1. The van der Waals surface area contributed by atoms with Crippen LogP contribution in [0, 0.1) is 0 Å². The second-order valence-electron chi connectivity index (χ2n) is 4.26. The van der Waals surface area contributed by atoms with Crippen LogP contribution < -0.4 is 5.73 Å². The number of carboxylic acid groups (broad SMARTS) is 1. The highest BCUT2D eigenvalue weighted by Crippen LogP contribution is 2.18. The number of hydrogen-bond acceptors (Lipinski definition) is 5. The lowest BCUT2D eigenvalue weighted by Crippen LogP contribution is -2.09. The van der Waals surface area contributed by atoms with Gasteiger partial charge in [-0.2, -0.15) is 0 Å². The average molecular weight is 269 g/mol. The second-order valence-corrected chi connectivity index (χ2v) is 4.26. The Balaban J connectivity index is 2.05. The molecule has 7 nitrogen and oxygen atoms in total. The molecule has 3 N–H and O–H groups in total. The number of fused-ring (bicyclic) bond motifs is 1. The van der Waals surface area contributed by atoms with Crippen molar-refractivity contribution < 1.29 is 9.90 Å². The summed E-state index contributed by atoms with van der Waals surface area (Å²) in [4.78, 5) is 23.4. The van der Waals surface area contributed by atoms with E-state index >= 15 is 0 Å². The summed E-state index contributed by atoms with van der Waals surface area (Å²) in [5.74, 6) is 0.623. The number of nitrogens with zero attached hydrogens (tertiary/aromatic N) is 4. The van der Waals surface area contributed by atoms with Gasteiger partial charge in [-0.15, -0.1) is 0 Å². The Labute approximate surface area is 113 Å². The molecule has 0 spiro atoms. The van der Waals surface area contributed by atoms with Gasteiger partial charge in [0.1, 0.15) is 17.7 Å². The summed E-state index contributed by atoms with van der Waals surface area (Å²) >= 11 is 0. The van der Waals surface area contributed by atoms with Gasteiger partial charge in [0.2, 0.25) is 0 Å². The van der Waals surface area contributed by atoms with E-state index in [9.17, 15) is 4.79 Å². The zero-order valence-electron chi connectivity index (χ0n) is 10.4. The number of carbonyl (C=O) groups is 1. The fourth-order valence-corrected chi connectivity index (χ4v) is 2.00. The number of aromatic nitrogens is 4. The maximum Gasteiger partial charge on any atom is 0.417 e. The fraction of sp³-hybridized carbons (Fsp3) is 0.0769. The van der Waals surface area contributed by atoms with Crippen LogP contribution in [-0.4, -0.2) is 30.7 Å². The van der Waals surface area contributed by atoms with Gasteiger partial charge in [-0.1, -0.05) is 30.3 Å². The Morgan fingerprint density at radius 3 is 2.70 bits per heavy atom. The van der Waals surface area contributed by atoms with Gasteiger partial charge in [0.05, 0.1) is 0 Å². The predicted octanol–water partition coefficient (Wildman–Crippen LogP) is 1.53. The van der Waals surface area contributed by atoms with Crippen molar-refractivity contribution >= 4 is 23.1 Å². The van der Waals surface area contributed by atoms with Crippen LogP contribution in [-0.2, 0) is 6.42 Å². The van der Waals surface area contributed by atoms with Crippen LogP contribution in [0.5, 0.6) is 0 Å². The lowest BCUT2D eigenvalue weighted by Gasteiger charge is -2.03. The van der Waals surface area contributed by atoms with Crippen LogP contribution in [0.3, 0.4) is 0 Å². The first-order valence-electron chi connectivity index (χ1n) is 5.92. The first-order valence-corrected chi connectivity index (χ1v) is 5.92. The molecule has 7 heteroatoms. The average Bonchev–Trinajstić information content (AvgIpc) is 2.84. The molecule has 1 aromatic carbocycles. The lowest BCUT2D eigenvalue weighted by atomic mass is 10.1. The SMILES string of the molecule is Nc1nc(Cc2ccccc2)nc2ncn(C(=O)O)c12. The Kier molecular flexibility index (Phi) is 2.79. The summed E-state index contributed by atoms with van der Waals surface area (Å²) in [5.41, 5.74) is 7.36. The van der Waals surface area contributed by atoms with Crippen LogP contribution in [0.15, 0.2) is 36.7 Å². The Morgan fingerprint density at radius 1 is 1.25 bits per heavy atom. The summed E-state index contributed by atoms with van der Waals surface area (Å²) in [7, 11) is 0. The van der Waals surface area contributed by atoms with E-state index in [-0.39, 0.29) is 17.0 Å². The highest BCUT2D eigenvalue weighted by atomic mass is 16.4. The minimum atomic E-state index is -1.17. The summed E-state index contributed by atoms with van der Waals surface area (Å²) < 4.78 is 0.914. The van der Waals surface area contributed by atoms with E-state index in [0.717, 1.165) is 10.1 Å². The quantitative estimate of drug-likeness (QED) is 0.730. The molecule has 0 atom stereocenters. The monoisotopic (exact) mass is 269 g/mol. The number of imidazole rings is 1. The standard InChI is InChI=1S/C13H11N5O2/c14-11-10-12(15-7-18(10)13(19)20)17-9(16-11)6-8-4-2-1-3-5-8/h1-5,7H,6H2,(H,19,20)(H2,14,16,17). The normalized spacial score (nSPS) is 10.8. The topological polar surface area (TPSA) is 107 Å². The summed E-state index contributed by atoms with van der Waals surface area (Å²) in [6.07, 6.45) is 0.518. The highest BCUT2D eigenvalue weighted by molar-refractivity contribution is 5.90. The third-order valence-electron chi connectivity index (χ3n) is 2.89. The lowest BCUT2D eigenvalue weighted by molar-refractivity contribution is 0.197. The zero-order valence-corrected chi connectivity index (χ0v) is 10.4. The van der Waals surface area contributed by atoms with E-state index in [2.05, 4.69) is 15.0 Å². The van der Waals surface area contributed by atoms with Gasteiger partial charge in [-0.3, -0.25) is 0 Å². The van der Waals surface area contributed by atoms with Gasteiger partial charge in [0, 0.05) is 6.42 Å². The first-order chi connectivity index (χ1) is 9.65. The van der Waals surface area contributed by atoms with Crippen LogP contribution in [0.25, 0.3) is 11.2 Å². The Hall–Kier alpha value is -2.96. The molecule has 0 radical (unpaired) electrons. The largest absolute Gasteiger partial charge is 0.464 e. The maximum absolute atomic E-state index is 11.0. The third-order valence-corrected chi connectivity index (χ3v) is 2.89. The van der Waals surface area contributed by atoms with Gasteiger partial charge in [0.25, 0.3) is 0 Å². The smallest absolute Gasteiger partial charge is 0.417 e. The van der Waals surface area contributed by atoms with E-state index in [1.807, 2.05) is 30.3 Å². The van der Waals surface area contributed by atoms with E-state index in [1.54, 1.807) is 0 Å². The van der Waals surface area contributed by atoms with E-state index in [4.69, 9.17) is 10.8 Å². The van der Waals surface area contributed by atoms with E-state index in [0.29, 0.717) is 12.2 Å². The van der Waals surface area contributed by atoms with E-state index in [1.165, 1.54) is 6.33 Å². The maximum atomic E-state index is 11.0. The second kappa shape index (κ2) is 4.61. The molecule has 3 aromatic rings. The van der Waals surface area contributed by atoms with Crippen molar-refractivity contribution in [2.24, 2.45) is 0 Å². The van der Waals surface area contributed by atoms with Crippen LogP contribution in [0.4, 0.5) is 10.6 Å². The molecule has 0 bridgehead atoms. The molecule has 3 rings (SSSR count). The van der Waals surface area contributed by atoms with Crippen molar-refractivity contribution in [3.05, 3.63) is 48.0 Å². The van der Waals surface area contributed by atoms with Gasteiger partial charge in [-0.05, 0) is 5.56 Å². The fourth-order valence-electron chi connectivity index (χ4n) is 2.00. The summed E-state index contributed by atoms with van der Waals surface area (Å²) in [5, 5.41) is 9.01. The minimum absolute atomic E-state index is 0.112. The van der Waals surface area contributed by atoms with Crippen LogP contribution in [0.1, 0.15) is 11.4 Å². The molecule has 0 aliphatic heterocycles. The molecule has 0 fully saturated rings. The molecular formula is C13H11N5O2. The van der Waals surface area contributed by atoms with Crippen molar-refractivity contribution in [3.63, 3.8) is 0 Å². The number of nitrogens with two attached hydrogens (primary N) is 1.